The lowest BCUT2D eigenvalue weighted by molar-refractivity contribution is 0.340. The van der Waals surface area contributed by atoms with Gasteiger partial charge in [-0.3, -0.25) is 0 Å². The van der Waals surface area contributed by atoms with E-state index < -0.39 is 0 Å². The average Bonchev–Trinajstić information content (AvgIpc) is 2.62. The summed E-state index contributed by atoms with van der Waals surface area (Å²) in [6.45, 7) is 0. The van der Waals surface area contributed by atoms with Gasteiger partial charge in [-0.1, -0.05) is 23.7 Å². The Morgan fingerprint density at radius 2 is 1.27 bits per heavy atom. The first-order valence-corrected chi connectivity index (χ1v) is 8.11. The van der Waals surface area contributed by atoms with Crippen LogP contribution in [0.2, 0.25) is 15.6 Å². The minimum absolute atomic E-state index is 0.0233. The van der Waals surface area contributed by atoms with Gasteiger partial charge >= 0.3 is 12.0 Å². The third kappa shape index (κ3) is 3.85. The van der Waals surface area contributed by atoms with Gasteiger partial charge in [0, 0.05) is 0 Å². The SMILES string of the molecule is COc1nc(OC)nc(N(c2nc(Cl)nc(Cl)n2)c2ccccc2Cl)n1. The monoisotopic (exact) mass is 413 g/mol. The summed E-state index contributed by atoms with van der Waals surface area (Å²) in [5.74, 6) is 0.138. The Balaban J connectivity index is 2.26. The summed E-state index contributed by atoms with van der Waals surface area (Å²) in [6.07, 6.45) is 0. The van der Waals surface area contributed by atoms with Crippen molar-refractivity contribution in [3.63, 3.8) is 0 Å². The zero-order chi connectivity index (χ0) is 18.7. The van der Waals surface area contributed by atoms with Crippen LogP contribution in [0.1, 0.15) is 0 Å². The molecule has 0 fully saturated rings. The highest BCUT2D eigenvalue weighted by atomic mass is 35.5. The van der Waals surface area contributed by atoms with Crippen LogP contribution < -0.4 is 14.4 Å². The van der Waals surface area contributed by atoms with E-state index in [0.717, 1.165) is 0 Å². The maximum absolute atomic E-state index is 6.33. The third-order valence-corrected chi connectivity index (χ3v) is 3.67. The van der Waals surface area contributed by atoms with Crippen LogP contribution in [0.25, 0.3) is 0 Å². The first kappa shape index (κ1) is 18.3. The Hall–Kier alpha value is -2.49. The Bertz CT molecular complexity index is 902. The lowest BCUT2D eigenvalue weighted by Crippen LogP contribution is -2.18. The number of hydrogen-bond donors (Lipinski definition) is 0. The predicted octanol–water partition coefficient (Wildman–Crippen LogP) is 3.50. The van der Waals surface area contributed by atoms with Crippen LogP contribution in [-0.2, 0) is 0 Å². The molecule has 26 heavy (non-hydrogen) atoms. The van der Waals surface area contributed by atoms with E-state index in [1.807, 2.05) is 0 Å². The molecule has 0 aliphatic carbocycles. The normalized spacial score (nSPS) is 10.5. The van der Waals surface area contributed by atoms with E-state index in [9.17, 15) is 0 Å². The maximum atomic E-state index is 6.33. The van der Waals surface area contributed by atoms with Gasteiger partial charge < -0.3 is 9.47 Å². The first-order valence-electron chi connectivity index (χ1n) is 6.97. The molecule has 0 saturated heterocycles. The highest BCUT2D eigenvalue weighted by Crippen LogP contribution is 2.36. The molecule has 1 aromatic carbocycles. The summed E-state index contributed by atoms with van der Waals surface area (Å²) in [7, 11) is 2.82. The third-order valence-electron chi connectivity index (χ3n) is 3.01. The molecular weight excluding hydrogens is 405 g/mol. The van der Waals surface area contributed by atoms with Crippen molar-refractivity contribution < 1.29 is 9.47 Å². The molecule has 9 nitrogen and oxygen atoms in total. The van der Waals surface area contributed by atoms with Gasteiger partial charge in [-0.25, -0.2) is 4.90 Å². The van der Waals surface area contributed by atoms with E-state index in [0.29, 0.717) is 10.7 Å². The van der Waals surface area contributed by atoms with Crippen molar-refractivity contribution >= 4 is 52.4 Å². The maximum Gasteiger partial charge on any atom is 0.324 e. The molecule has 0 N–H and O–H groups in total. The van der Waals surface area contributed by atoms with Gasteiger partial charge in [0.1, 0.15) is 0 Å². The fourth-order valence-electron chi connectivity index (χ4n) is 1.96. The van der Waals surface area contributed by atoms with Crippen molar-refractivity contribution in [1.29, 1.82) is 0 Å². The van der Waals surface area contributed by atoms with E-state index in [1.54, 1.807) is 24.3 Å². The smallest absolute Gasteiger partial charge is 0.324 e. The number of para-hydroxylation sites is 1. The molecule has 0 spiro atoms. The molecule has 2 aromatic heterocycles. The number of aromatic nitrogens is 6. The van der Waals surface area contributed by atoms with E-state index >= 15 is 0 Å². The second-order valence-electron chi connectivity index (χ2n) is 4.57. The van der Waals surface area contributed by atoms with Gasteiger partial charge in [-0.05, 0) is 35.3 Å². The van der Waals surface area contributed by atoms with Crippen LogP contribution in [0.4, 0.5) is 17.6 Å². The van der Waals surface area contributed by atoms with Crippen molar-refractivity contribution in [3.8, 4) is 12.0 Å². The Kier molecular flexibility index (Phi) is 5.50. The Morgan fingerprint density at radius 3 is 1.81 bits per heavy atom. The van der Waals surface area contributed by atoms with Gasteiger partial charge in [-0.2, -0.15) is 24.9 Å². The van der Waals surface area contributed by atoms with E-state index in [1.165, 1.54) is 19.1 Å². The second-order valence-corrected chi connectivity index (χ2v) is 5.65. The summed E-state index contributed by atoms with van der Waals surface area (Å²) in [5.41, 5.74) is 0.475. The van der Waals surface area contributed by atoms with Gasteiger partial charge in [-0.15, -0.1) is 4.98 Å². The summed E-state index contributed by atoms with van der Waals surface area (Å²) in [5, 5.41) is 0.175. The van der Waals surface area contributed by atoms with Crippen molar-refractivity contribution in [1.82, 2.24) is 29.9 Å². The number of nitrogens with zero attached hydrogens (tertiary/aromatic N) is 7. The molecule has 2 heterocycles. The summed E-state index contributed by atoms with van der Waals surface area (Å²) < 4.78 is 10.2. The van der Waals surface area contributed by atoms with Crippen molar-refractivity contribution in [3.05, 3.63) is 39.9 Å². The molecule has 0 amide bonds. The lowest BCUT2D eigenvalue weighted by atomic mass is 10.3. The van der Waals surface area contributed by atoms with E-state index in [4.69, 9.17) is 44.3 Å². The van der Waals surface area contributed by atoms with Crippen LogP contribution >= 0.6 is 34.8 Å². The van der Waals surface area contributed by atoms with Gasteiger partial charge in [0.05, 0.1) is 24.9 Å². The van der Waals surface area contributed by atoms with Gasteiger partial charge in [0.25, 0.3) is 0 Å². The fraction of sp³-hybridized carbons (Fsp3) is 0.143. The molecule has 0 unspecified atom stereocenters. The van der Waals surface area contributed by atoms with Crippen LogP contribution in [0, 0.1) is 0 Å². The van der Waals surface area contributed by atoms with Crippen LogP contribution in [-0.4, -0.2) is 44.1 Å². The average molecular weight is 415 g/mol. The summed E-state index contributed by atoms with van der Waals surface area (Å²) in [6, 6.07) is 6.99. The summed E-state index contributed by atoms with van der Waals surface area (Å²) >= 11 is 18.2. The summed E-state index contributed by atoms with van der Waals surface area (Å²) in [4.78, 5) is 25.7. The van der Waals surface area contributed by atoms with Crippen molar-refractivity contribution in [2.24, 2.45) is 0 Å². The Labute approximate surface area is 162 Å². The molecule has 0 radical (unpaired) electrons. The Morgan fingerprint density at radius 1 is 0.731 bits per heavy atom. The fourth-order valence-corrected chi connectivity index (χ4v) is 2.54. The number of halogens is 3. The highest BCUT2D eigenvalue weighted by molar-refractivity contribution is 6.33. The van der Waals surface area contributed by atoms with Crippen LogP contribution in [0.15, 0.2) is 24.3 Å². The number of hydrogen-bond acceptors (Lipinski definition) is 9. The van der Waals surface area contributed by atoms with Gasteiger partial charge in [0.15, 0.2) is 0 Å². The molecule has 0 aliphatic rings. The number of methoxy groups -OCH3 is 2. The number of ether oxygens (including phenoxy) is 2. The number of benzene rings is 1. The topological polar surface area (TPSA) is 99.0 Å². The van der Waals surface area contributed by atoms with Crippen LogP contribution in [0.3, 0.4) is 0 Å². The van der Waals surface area contributed by atoms with Crippen LogP contribution in [0.5, 0.6) is 12.0 Å². The molecule has 3 rings (SSSR count). The highest BCUT2D eigenvalue weighted by Gasteiger charge is 2.24. The molecule has 0 saturated carbocycles. The van der Waals surface area contributed by atoms with Crippen molar-refractivity contribution in [2.45, 2.75) is 0 Å². The predicted molar refractivity (Wildman–Crippen MR) is 96.0 cm³/mol. The van der Waals surface area contributed by atoms with Crippen molar-refractivity contribution in [2.75, 3.05) is 19.1 Å². The molecule has 3 aromatic rings. The zero-order valence-corrected chi connectivity index (χ0v) is 15.7. The molecule has 0 bridgehead atoms. The minimum Gasteiger partial charge on any atom is -0.467 e. The molecular formula is C14H10Cl3N7O2. The first-order chi connectivity index (χ1) is 12.5. The van der Waals surface area contributed by atoms with E-state index in [2.05, 4.69) is 29.9 Å². The van der Waals surface area contributed by atoms with E-state index in [-0.39, 0.29) is 34.5 Å². The largest absolute Gasteiger partial charge is 0.467 e. The number of anilines is 3. The standard InChI is InChI=1S/C14H10Cl3N7O2/c1-25-13-21-12(22-14(23-13)26-2)24(8-6-4-3-5-7(8)15)11-19-9(16)18-10(17)20-11/h3-6H,1-2H3. The second kappa shape index (κ2) is 7.81. The quantitative estimate of drug-likeness (QED) is 0.621. The molecule has 0 aliphatic heterocycles. The zero-order valence-electron chi connectivity index (χ0n) is 13.4. The molecule has 0 atom stereocenters. The van der Waals surface area contributed by atoms with Gasteiger partial charge in [0.2, 0.25) is 22.5 Å². The lowest BCUT2D eigenvalue weighted by Gasteiger charge is -2.22. The minimum atomic E-state index is -0.106. The molecule has 134 valence electrons. The number of rotatable bonds is 5. The molecule has 12 heteroatoms.